The molecule has 2 unspecified atom stereocenters. The van der Waals surface area contributed by atoms with Crippen LogP contribution in [0.2, 0.25) is 0 Å². The van der Waals surface area contributed by atoms with Gasteiger partial charge in [-0.2, -0.15) is 15.0 Å². The summed E-state index contributed by atoms with van der Waals surface area (Å²) < 4.78 is 0. The number of rotatable bonds is 3. The maximum atomic E-state index is 9.73. The number of piperidine rings is 1. The second kappa shape index (κ2) is 5.66. The molecule has 0 amide bonds. The van der Waals surface area contributed by atoms with Crippen LogP contribution < -0.4 is 10.6 Å². The lowest BCUT2D eigenvalue weighted by molar-refractivity contribution is 0.0310. The molecule has 2 rings (SSSR count). The van der Waals surface area contributed by atoms with Crippen LogP contribution in [0, 0.1) is 5.92 Å². The summed E-state index contributed by atoms with van der Waals surface area (Å²) >= 11 is 0. The Hall–Kier alpha value is -1.47. The average molecular weight is 266 g/mol. The van der Waals surface area contributed by atoms with Crippen LogP contribution in [0.4, 0.5) is 11.9 Å². The molecule has 106 valence electrons. The van der Waals surface area contributed by atoms with Gasteiger partial charge in [-0.3, -0.25) is 4.90 Å². The standard InChI is InChI=1S/C12H22N6O/c1-8-6-18(5-4-9(8)19)7-10-14-11(13)16-12(15-10)17(2)3/h8-9,19H,4-7H2,1-3H3,(H2,13,14,15,16). The van der Waals surface area contributed by atoms with Gasteiger partial charge in [-0.1, -0.05) is 6.92 Å². The van der Waals surface area contributed by atoms with Crippen molar-refractivity contribution in [2.24, 2.45) is 5.92 Å². The molecule has 1 aromatic rings. The fourth-order valence-corrected chi connectivity index (χ4v) is 2.26. The summed E-state index contributed by atoms with van der Waals surface area (Å²) in [6.07, 6.45) is 0.597. The number of aliphatic hydroxyl groups excluding tert-OH is 1. The van der Waals surface area contributed by atoms with Gasteiger partial charge in [0.1, 0.15) is 5.82 Å². The molecule has 3 N–H and O–H groups in total. The summed E-state index contributed by atoms with van der Waals surface area (Å²) in [5.41, 5.74) is 5.70. The Labute approximate surface area is 113 Å². The molecule has 0 aliphatic carbocycles. The van der Waals surface area contributed by atoms with Crippen LogP contribution in [0.15, 0.2) is 0 Å². The van der Waals surface area contributed by atoms with Gasteiger partial charge in [0.15, 0.2) is 0 Å². The van der Waals surface area contributed by atoms with E-state index in [1.54, 1.807) is 0 Å². The molecular weight excluding hydrogens is 244 g/mol. The third-order valence-electron chi connectivity index (χ3n) is 3.40. The number of nitrogens with zero attached hydrogens (tertiary/aromatic N) is 5. The van der Waals surface area contributed by atoms with Gasteiger partial charge in [0.05, 0.1) is 12.6 Å². The normalized spacial score (nSPS) is 24.4. The zero-order valence-electron chi connectivity index (χ0n) is 11.7. The first-order chi connectivity index (χ1) is 8.95. The molecular formula is C12H22N6O. The zero-order chi connectivity index (χ0) is 14.0. The Morgan fingerprint density at radius 1 is 1.37 bits per heavy atom. The third-order valence-corrected chi connectivity index (χ3v) is 3.40. The van der Waals surface area contributed by atoms with Gasteiger partial charge < -0.3 is 15.7 Å². The lowest BCUT2D eigenvalue weighted by Crippen LogP contribution is -2.41. The Morgan fingerprint density at radius 2 is 2.11 bits per heavy atom. The highest BCUT2D eigenvalue weighted by molar-refractivity contribution is 5.32. The van der Waals surface area contributed by atoms with Crippen molar-refractivity contribution in [3.63, 3.8) is 0 Å². The predicted octanol–water partition coefficient (Wildman–Crippen LogP) is -0.277. The Bertz CT molecular complexity index is 438. The molecule has 2 atom stereocenters. The maximum absolute atomic E-state index is 9.73. The minimum atomic E-state index is -0.197. The smallest absolute Gasteiger partial charge is 0.229 e. The summed E-state index contributed by atoms with van der Waals surface area (Å²) in [6.45, 7) is 4.41. The number of anilines is 2. The molecule has 0 radical (unpaired) electrons. The minimum absolute atomic E-state index is 0.197. The molecule has 1 aromatic heterocycles. The van der Waals surface area contributed by atoms with Crippen LogP contribution in [0.1, 0.15) is 19.2 Å². The summed E-state index contributed by atoms with van der Waals surface area (Å²) in [6, 6.07) is 0. The first kappa shape index (κ1) is 14.0. The summed E-state index contributed by atoms with van der Waals surface area (Å²) in [4.78, 5) is 16.7. The van der Waals surface area contributed by atoms with E-state index < -0.39 is 0 Å². The van der Waals surface area contributed by atoms with Crippen LogP contribution >= 0.6 is 0 Å². The van der Waals surface area contributed by atoms with E-state index in [4.69, 9.17) is 5.73 Å². The van der Waals surface area contributed by atoms with Crippen LogP contribution in [-0.2, 0) is 6.54 Å². The second-order valence-corrected chi connectivity index (χ2v) is 5.37. The fraction of sp³-hybridized carbons (Fsp3) is 0.750. The number of hydrogen-bond donors (Lipinski definition) is 2. The molecule has 0 bridgehead atoms. The molecule has 0 spiro atoms. The van der Waals surface area contributed by atoms with E-state index in [0.29, 0.717) is 18.3 Å². The molecule has 1 aliphatic rings. The number of hydrogen-bond acceptors (Lipinski definition) is 7. The van der Waals surface area contributed by atoms with Crippen molar-refractivity contribution in [2.45, 2.75) is 26.0 Å². The minimum Gasteiger partial charge on any atom is -0.393 e. The van der Waals surface area contributed by atoms with Crippen LogP contribution in [-0.4, -0.2) is 58.2 Å². The average Bonchev–Trinajstić information content (AvgIpc) is 2.33. The van der Waals surface area contributed by atoms with Crippen molar-refractivity contribution in [1.29, 1.82) is 0 Å². The van der Waals surface area contributed by atoms with E-state index in [0.717, 1.165) is 19.5 Å². The van der Waals surface area contributed by atoms with E-state index in [2.05, 4.69) is 26.8 Å². The summed E-state index contributed by atoms with van der Waals surface area (Å²) in [5.74, 6) is 1.78. The molecule has 0 aromatic carbocycles. The van der Waals surface area contributed by atoms with Crippen molar-refractivity contribution in [3.05, 3.63) is 5.82 Å². The third kappa shape index (κ3) is 3.51. The van der Waals surface area contributed by atoms with Gasteiger partial charge >= 0.3 is 0 Å². The highest BCUT2D eigenvalue weighted by Crippen LogP contribution is 2.18. The Morgan fingerprint density at radius 3 is 2.74 bits per heavy atom. The topological polar surface area (TPSA) is 91.4 Å². The van der Waals surface area contributed by atoms with Crippen molar-refractivity contribution in [2.75, 3.05) is 37.8 Å². The quantitative estimate of drug-likeness (QED) is 0.777. The fourth-order valence-electron chi connectivity index (χ4n) is 2.26. The lowest BCUT2D eigenvalue weighted by atomic mass is 9.97. The number of likely N-dealkylation sites (tertiary alicyclic amines) is 1. The van der Waals surface area contributed by atoms with E-state index >= 15 is 0 Å². The second-order valence-electron chi connectivity index (χ2n) is 5.37. The molecule has 1 fully saturated rings. The SMILES string of the molecule is CC1CN(Cc2nc(N)nc(N(C)C)n2)CCC1O. The van der Waals surface area contributed by atoms with E-state index in [9.17, 15) is 5.11 Å². The van der Waals surface area contributed by atoms with E-state index in [1.165, 1.54) is 0 Å². The number of nitrogen functional groups attached to an aromatic ring is 1. The first-order valence-electron chi connectivity index (χ1n) is 6.54. The van der Waals surface area contributed by atoms with Gasteiger partial charge in [0.2, 0.25) is 11.9 Å². The van der Waals surface area contributed by atoms with Crippen LogP contribution in [0.25, 0.3) is 0 Å². The number of aliphatic hydroxyl groups is 1. The van der Waals surface area contributed by atoms with Crippen molar-refractivity contribution < 1.29 is 5.11 Å². The van der Waals surface area contributed by atoms with Gasteiger partial charge in [-0.15, -0.1) is 0 Å². The first-order valence-corrected chi connectivity index (χ1v) is 6.54. The highest BCUT2D eigenvalue weighted by Gasteiger charge is 2.24. The van der Waals surface area contributed by atoms with Gasteiger partial charge in [0.25, 0.3) is 0 Å². The maximum Gasteiger partial charge on any atom is 0.229 e. The van der Waals surface area contributed by atoms with Gasteiger partial charge in [-0.05, 0) is 12.3 Å². The Balaban J connectivity index is 2.07. The lowest BCUT2D eigenvalue weighted by Gasteiger charge is -2.33. The van der Waals surface area contributed by atoms with E-state index in [1.807, 2.05) is 19.0 Å². The summed E-state index contributed by atoms with van der Waals surface area (Å²) in [7, 11) is 3.75. The Kier molecular flexibility index (Phi) is 4.16. The van der Waals surface area contributed by atoms with Gasteiger partial charge in [-0.25, -0.2) is 0 Å². The van der Waals surface area contributed by atoms with E-state index in [-0.39, 0.29) is 18.0 Å². The van der Waals surface area contributed by atoms with Gasteiger partial charge in [0, 0.05) is 27.2 Å². The molecule has 2 heterocycles. The molecule has 1 saturated heterocycles. The van der Waals surface area contributed by atoms with Crippen LogP contribution in [0.5, 0.6) is 0 Å². The zero-order valence-corrected chi connectivity index (χ0v) is 11.7. The number of nitrogens with two attached hydrogens (primary N) is 1. The monoisotopic (exact) mass is 266 g/mol. The highest BCUT2D eigenvalue weighted by atomic mass is 16.3. The predicted molar refractivity (Wildman–Crippen MR) is 73.6 cm³/mol. The van der Waals surface area contributed by atoms with Crippen molar-refractivity contribution in [1.82, 2.24) is 19.9 Å². The number of aromatic nitrogens is 3. The van der Waals surface area contributed by atoms with Crippen molar-refractivity contribution >= 4 is 11.9 Å². The van der Waals surface area contributed by atoms with Crippen molar-refractivity contribution in [3.8, 4) is 0 Å². The molecule has 7 heteroatoms. The van der Waals surface area contributed by atoms with Crippen LogP contribution in [0.3, 0.4) is 0 Å². The molecule has 19 heavy (non-hydrogen) atoms. The summed E-state index contributed by atoms with van der Waals surface area (Å²) in [5, 5.41) is 9.73. The molecule has 0 saturated carbocycles. The molecule has 7 nitrogen and oxygen atoms in total. The largest absolute Gasteiger partial charge is 0.393 e. The molecule has 1 aliphatic heterocycles.